The van der Waals surface area contributed by atoms with Crippen LogP contribution >= 0.6 is 11.6 Å². The van der Waals surface area contributed by atoms with Crippen molar-refractivity contribution in [2.75, 3.05) is 11.2 Å². The van der Waals surface area contributed by atoms with E-state index >= 15 is 0 Å². The molecule has 1 aromatic heterocycles. The molecule has 1 N–H and O–H groups in total. The zero-order valence-corrected chi connectivity index (χ0v) is 9.01. The van der Waals surface area contributed by atoms with Crippen molar-refractivity contribution in [3.8, 4) is 0 Å². The van der Waals surface area contributed by atoms with Gasteiger partial charge in [0, 0.05) is 18.0 Å². The lowest BCUT2D eigenvalue weighted by Gasteiger charge is -2.08. The van der Waals surface area contributed by atoms with Crippen LogP contribution in [0.1, 0.15) is 12.5 Å². The van der Waals surface area contributed by atoms with E-state index in [9.17, 15) is 4.79 Å². The van der Waals surface area contributed by atoms with E-state index in [0.29, 0.717) is 11.6 Å². The van der Waals surface area contributed by atoms with Gasteiger partial charge in [-0.15, -0.1) is 11.6 Å². The third kappa shape index (κ3) is 3.00. The van der Waals surface area contributed by atoms with Crippen molar-refractivity contribution in [2.24, 2.45) is 5.92 Å². The van der Waals surface area contributed by atoms with E-state index in [-0.39, 0.29) is 11.8 Å². The number of nitrogens with one attached hydrogen (secondary N) is 1. The molecule has 14 heavy (non-hydrogen) atoms. The molecule has 0 spiro atoms. The topological polar surface area (TPSA) is 42.0 Å². The van der Waals surface area contributed by atoms with Gasteiger partial charge in [0.25, 0.3) is 0 Å². The summed E-state index contributed by atoms with van der Waals surface area (Å²) in [7, 11) is 0. The van der Waals surface area contributed by atoms with Gasteiger partial charge in [-0.05, 0) is 18.6 Å². The Bertz CT molecular complexity index is 328. The molecule has 0 aliphatic carbocycles. The molecule has 1 heterocycles. The number of rotatable bonds is 3. The zero-order chi connectivity index (χ0) is 10.6. The molecule has 0 aromatic carbocycles. The molecule has 1 unspecified atom stereocenters. The summed E-state index contributed by atoms with van der Waals surface area (Å²) in [4.78, 5) is 15.4. The molecule has 76 valence electrons. The van der Waals surface area contributed by atoms with Gasteiger partial charge in [-0.1, -0.05) is 6.92 Å². The molecule has 0 saturated carbocycles. The van der Waals surface area contributed by atoms with Crippen LogP contribution in [0.25, 0.3) is 0 Å². The van der Waals surface area contributed by atoms with Crippen molar-refractivity contribution >= 4 is 23.2 Å². The van der Waals surface area contributed by atoms with Crippen LogP contribution in [0, 0.1) is 12.8 Å². The monoisotopic (exact) mass is 212 g/mol. The molecule has 3 nitrogen and oxygen atoms in total. The van der Waals surface area contributed by atoms with E-state index in [1.807, 2.05) is 13.0 Å². The Morgan fingerprint density at radius 3 is 2.93 bits per heavy atom. The lowest BCUT2D eigenvalue weighted by molar-refractivity contribution is -0.118. The van der Waals surface area contributed by atoms with Crippen molar-refractivity contribution in [1.29, 1.82) is 0 Å². The lowest BCUT2D eigenvalue weighted by Crippen LogP contribution is -2.21. The highest BCUT2D eigenvalue weighted by Crippen LogP contribution is 2.09. The van der Waals surface area contributed by atoms with E-state index < -0.39 is 0 Å². The third-order valence-electron chi connectivity index (χ3n) is 1.82. The Hall–Kier alpha value is -1.09. The summed E-state index contributed by atoms with van der Waals surface area (Å²) >= 11 is 5.57. The van der Waals surface area contributed by atoms with Crippen LogP contribution in [0.5, 0.6) is 0 Å². The van der Waals surface area contributed by atoms with Gasteiger partial charge in [0.2, 0.25) is 5.91 Å². The number of aryl methyl sites for hydroxylation is 1. The number of aromatic nitrogens is 1. The molecule has 1 amide bonds. The van der Waals surface area contributed by atoms with E-state index in [0.717, 1.165) is 5.56 Å². The van der Waals surface area contributed by atoms with Crippen LogP contribution < -0.4 is 5.32 Å². The number of carbonyl (C=O) groups is 1. The summed E-state index contributed by atoms with van der Waals surface area (Å²) in [5.41, 5.74) is 1.73. The SMILES string of the molecule is Cc1cncc(NC(=O)C(C)CCl)c1. The Morgan fingerprint density at radius 2 is 2.36 bits per heavy atom. The minimum Gasteiger partial charge on any atom is -0.324 e. The van der Waals surface area contributed by atoms with Gasteiger partial charge in [0.15, 0.2) is 0 Å². The van der Waals surface area contributed by atoms with Crippen molar-refractivity contribution in [2.45, 2.75) is 13.8 Å². The minimum atomic E-state index is -0.183. The Morgan fingerprint density at radius 1 is 1.64 bits per heavy atom. The van der Waals surface area contributed by atoms with Crippen LogP contribution in [-0.2, 0) is 4.79 Å². The molecule has 0 aliphatic rings. The van der Waals surface area contributed by atoms with Gasteiger partial charge in [-0.3, -0.25) is 9.78 Å². The van der Waals surface area contributed by atoms with Crippen LogP contribution in [-0.4, -0.2) is 16.8 Å². The van der Waals surface area contributed by atoms with Gasteiger partial charge in [0.05, 0.1) is 11.9 Å². The molecule has 0 aliphatic heterocycles. The molecule has 0 saturated heterocycles. The molecule has 0 bridgehead atoms. The number of carbonyl (C=O) groups excluding carboxylic acids is 1. The summed E-state index contributed by atoms with van der Waals surface area (Å²) < 4.78 is 0. The fourth-order valence-electron chi connectivity index (χ4n) is 0.959. The Balaban J connectivity index is 2.65. The fraction of sp³-hybridized carbons (Fsp3) is 0.400. The average molecular weight is 213 g/mol. The summed E-state index contributed by atoms with van der Waals surface area (Å²) in [5.74, 6) is 0.0648. The number of amides is 1. The summed E-state index contributed by atoms with van der Waals surface area (Å²) in [6.07, 6.45) is 3.35. The van der Waals surface area contributed by atoms with Crippen molar-refractivity contribution in [3.63, 3.8) is 0 Å². The van der Waals surface area contributed by atoms with Crippen molar-refractivity contribution < 1.29 is 4.79 Å². The second-order valence-electron chi connectivity index (χ2n) is 3.30. The molecular weight excluding hydrogens is 200 g/mol. The predicted molar refractivity (Wildman–Crippen MR) is 57.5 cm³/mol. The normalized spacial score (nSPS) is 12.2. The Kier molecular flexibility index (Phi) is 3.89. The molecule has 1 atom stereocenters. The van der Waals surface area contributed by atoms with Gasteiger partial charge in [0.1, 0.15) is 0 Å². The van der Waals surface area contributed by atoms with Gasteiger partial charge in [-0.25, -0.2) is 0 Å². The van der Waals surface area contributed by atoms with E-state index in [1.54, 1.807) is 19.3 Å². The quantitative estimate of drug-likeness (QED) is 0.781. The first kappa shape index (κ1) is 11.0. The van der Waals surface area contributed by atoms with Crippen LogP contribution in [0.15, 0.2) is 18.5 Å². The predicted octanol–water partition coefficient (Wildman–Crippen LogP) is 2.20. The number of pyridine rings is 1. The third-order valence-corrected chi connectivity index (χ3v) is 2.28. The summed E-state index contributed by atoms with van der Waals surface area (Å²) in [5, 5.41) is 2.75. The van der Waals surface area contributed by atoms with E-state index in [4.69, 9.17) is 11.6 Å². The largest absolute Gasteiger partial charge is 0.324 e. The number of nitrogens with zero attached hydrogens (tertiary/aromatic N) is 1. The first-order valence-electron chi connectivity index (χ1n) is 4.42. The highest BCUT2D eigenvalue weighted by molar-refractivity contribution is 6.19. The molecule has 1 aromatic rings. The van der Waals surface area contributed by atoms with Crippen LogP contribution in [0.4, 0.5) is 5.69 Å². The van der Waals surface area contributed by atoms with Gasteiger partial charge >= 0.3 is 0 Å². The number of halogens is 1. The molecule has 4 heteroatoms. The average Bonchev–Trinajstić information content (AvgIpc) is 2.16. The maximum Gasteiger partial charge on any atom is 0.228 e. The zero-order valence-electron chi connectivity index (χ0n) is 8.25. The second kappa shape index (κ2) is 4.96. The number of alkyl halides is 1. The minimum absolute atomic E-state index is 0.0765. The van der Waals surface area contributed by atoms with Crippen LogP contribution in [0.2, 0.25) is 0 Å². The van der Waals surface area contributed by atoms with E-state index in [1.165, 1.54) is 0 Å². The first-order chi connectivity index (χ1) is 6.63. The van der Waals surface area contributed by atoms with Gasteiger partial charge in [-0.2, -0.15) is 0 Å². The summed E-state index contributed by atoms with van der Waals surface area (Å²) in [6, 6.07) is 1.87. The van der Waals surface area contributed by atoms with Crippen molar-refractivity contribution in [3.05, 3.63) is 24.0 Å². The standard InChI is InChI=1S/C10H13ClN2O/c1-7-3-9(6-12-5-7)13-10(14)8(2)4-11/h3,5-6,8H,4H2,1-2H3,(H,13,14). The number of anilines is 1. The lowest BCUT2D eigenvalue weighted by atomic mass is 10.2. The van der Waals surface area contributed by atoms with Gasteiger partial charge < -0.3 is 5.32 Å². The molecule has 0 fully saturated rings. The Labute approximate surface area is 88.5 Å². The van der Waals surface area contributed by atoms with Crippen LogP contribution in [0.3, 0.4) is 0 Å². The molecular formula is C10H13ClN2O. The van der Waals surface area contributed by atoms with Crippen molar-refractivity contribution in [1.82, 2.24) is 4.98 Å². The molecule has 1 rings (SSSR count). The number of hydrogen-bond donors (Lipinski definition) is 1. The maximum absolute atomic E-state index is 11.4. The highest BCUT2D eigenvalue weighted by atomic mass is 35.5. The smallest absolute Gasteiger partial charge is 0.228 e. The van der Waals surface area contributed by atoms with E-state index in [2.05, 4.69) is 10.3 Å². The maximum atomic E-state index is 11.4. The fourth-order valence-corrected chi connectivity index (χ4v) is 1.10. The second-order valence-corrected chi connectivity index (χ2v) is 3.60. The summed E-state index contributed by atoms with van der Waals surface area (Å²) in [6.45, 7) is 3.71. The first-order valence-corrected chi connectivity index (χ1v) is 4.95. The number of hydrogen-bond acceptors (Lipinski definition) is 2. The molecule has 0 radical (unpaired) electrons. The highest BCUT2D eigenvalue weighted by Gasteiger charge is 2.11.